The summed E-state index contributed by atoms with van der Waals surface area (Å²) in [4.78, 5) is 32.2. The van der Waals surface area contributed by atoms with Crippen molar-refractivity contribution in [1.82, 2.24) is 20.4 Å². The lowest BCUT2D eigenvalue weighted by atomic mass is 9.96. The Morgan fingerprint density at radius 2 is 2.04 bits per heavy atom. The molecule has 0 aromatic carbocycles. The molecule has 0 radical (unpaired) electrons. The van der Waals surface area contributed by atoms with Gasteiger partial charge >= 0.3 is 5.97 Å². The van der Waals surface area contributed by atoms with E-state index in [0.29, 0.717) is 24.6 Å². The third-order valence-electron chi connectivity index (χ3n) is 4.41. The van der Waals surface area contributed by atoms with Gasteiger partial charge in [0.15, 0.2) is 5.82 Å². The van der Waals surface area contributed by atoms with Crippen LogP contribution in [0, 0.1) is 0 Å². The van der Waals surface area contributed by atoms with Crippen LogP contribution < -0.4 is 5.32 Å². The number of hydrogen-bond donors (Lipinski definition) is 2. The first-order chi connectivity index (χ1) is 11.9. The normalized spacial score (nSPS) is 16.1. The van der Waals surface area contributed by atoms with Crippen molar-refractivity contribution in [1.29, 1.82) is 0 Å². The number of hydrogen-bond acceptors (Lipinski definition) is 6. The van der Waals surface area contributed by atoms with E-state index in [4.69, 9.17) is 9.63 Å². The molecule has 0 bridgehead atoms. The fourth-order valence-electron chi connectivity index (χ4n) is 3.02. The summed E-state index contributed by atoms with van der Waals surface area (Å²) in [5.41, 5.74) is -0.629. The number of carbonyl (C=O) groups excluding carboxylic acids is 1. The van der Waals surface area contributed by atoms with Crippen LogP contribution in [0.5, 0.6) is 0 Å². The number of nitrogens with zero attached hydrogens (tertiary/aromatic N) is 3. The van der Waals surface area contributed by atoms with Crippen molar-refractivity contribution in [2.24, 2.45) is 0 Å². The molecule has 132 valence electrons. The van der Waals surface area contributed by atoms with E-state index in [2.05, 4.69) is 20.4 Å². The van der Waals surface area contributed by atoms with Crippen LogP contribution in [0.15, 0.2) is 22.9 Å². The SMILES string of the molecule is CC(C)c1nc(C2(NC(=O)c3cc(C(=O)O)ccn3)CCCC2)no1. The highest BCUT2D eigenvalue weighted by atomic mass is 16.5. The monoisotopic (exact) mass is 344 g/mol. The predicted molar refractivity (Wildman–Crippen MR) is 87.2 cm³/mol. The molecule has 2 heterocycles. The molecule has 8 heteroatoms. The second-order valence-electron chi connectivity index (χ2n) is 6.59. The van der Waals surface area contributed by atoms with Gasteiger partial charge in [-0.15, -0.1) is 0 Å². The van der Waals surface area contributed by atoms with Gasteiger partial charge in [0.1, 0.15) is 11.2 Å². The van der Waals surface area contributed by atoms with Crippen LogP contribution in [0.3, 0.4) is 0 Å². The van der Waals surface area contributed by atoms with Crippen molar-refractivity contribution >= 4 is 11.9 Å². The van der Waals surface area contributed by atoms with Crippen molar-refractivity contribution in [3.05, 3.63) is 41.3 Å². The van der Waals surface area contributed by atoms with Gasteiger partial charge in [-0.3, -0.25) is 9.78 Å². The smallest absolute Gasteiger partial charge is 0.335 e. The average molecular weight is 344 g/mol. The molecule has 0 aliphatic heterocycles. The summed E-state index contributed by atoms with van der Waals surface area (Å²) in [6, 6.07) is 2.61. The van der Waals surface area contributed by atoms with Crippen LogP contribution in [0.1, 0.15) is 78.0 Å². The Morgan fingerprint density at radius 1 is 1.32 bits per heavy atom. The molecule has 0 saturated heterocycles. The molecule has 1 saturated carbocycles. The molecule has 2 N–H and O–H groups in total. The number of aromatic nitrogens is 3. The number of nitrogens with one attached hydrogen (secondary N) is 1. The zero-order valence-corrected chi connectivity index (χ0v) is 14.2. The lowest BCUT2D eigenvalue weighted by molar-refractivity contribution is 0.0696. The minimum absolute atomic E-state index is 0.0160. The Bertz CT molecular complexity index is 793. The molecular formula is C17H20N4O4. The minimum atomic E-state index is -1.10. The van der Waals surface area contributed by atoms with Gasteiger partial charge in [0.2, 0.25) is 5.89 Å². The fraction of sp³-hybridized carbons (Fsp3) is 0.471. The van der Waals surface area contributed by atoms with Crippen molar-refractivity contribution in [2.45, 2.75) is 51.0 Å². The molecule has 2 aromatic rings. The highest BCUT2D eigenvalue weighted by Crippen LogP contribution is 2.37. The van der Waals surface area contributed by atoms with E-state index in [0.717, 1.165) is 12.8 Å². The summed E-state index contributed by atoms with van der Waals surface area (Å²) in [6.45, 7) is 3.91. The molecule has 0 spiro atoms. The summed E-state index contributed by atoms with van der Waals surface area (Å²) in [5.74, 6) is -0.449. The van der Waals surface area contributed by atoms with Gasteiger partial charge < -0.3 is 14.9 Å². The van der Waals surface area contributed by atoms with Crippen molar-refractivity contribution in [2.75, 3.05) is 0 Å². The maximum absolute atomic E-state index is 12.6. The zero-order chi connectivity index (χ0) is 18.0. The summed E-state index contributed by atoms with van der Waals surface area (Å²) in [7, 11) is 0. The number of rotatable bonds is 5. The van der Waals surface area contributed by atoms with E-state index in [-0.39, 0.29) is 17.2 Å². The maximum atomic E-state index is 12.6. The Hall–Kier alpha value is -2.77. The number of carbonyl (C=O) groups is 2. The van der Waals surface area contributed by atoms with E-state index in [1.54, 1.807) is 0 Å². The number of amides is 1. The van der Waals surface area contributed by atoms with E-state index in [1.807, 2.05) is 13.8 Å². The van der Waals surface area contributed by atoms with Gasteiger partial charge in [-0.05, 0) is 25.0 Å². The molecule has 0 unspecified atom stereocenters. The highest BCUT2D eigenvalue weighted by Gasteiger charge is 2.42. The molecule has 8 nitrogen and oxygen atoms in total. The summed E-state index contributed by atoms with van der Waals surface area (Å²) in [6.07, 6.45) is 4.59. The molecule has 25 heavy (non-hydrogen) atoms. The van der Waals surface area contributed by atoms with Gasteiger partial charge in [-0.25, -0.2) is 4.79 Å². The number of carboxylic acid groups (broad SMARTS) is 1. The highest BCUT2D eigenvalue weighted by molar-refractivity contribution is 5.96. The summed E-state index contributed by atoms with van der Waals surface area (Å²) < 4.78 is 5.30. The number of aromatic carboxylic acids is 1. The molecule has 0 atom stereocenters. The van der Waals surface area contributed by atoms with Crippen molar-refractivity contribution in [3.8, 4) is 0 Å². The lowest BCUT2D eigenvalue weighted by Gasteiger charge is -2.26. The number of pyridine rings is 1. The fourth-order valence-corrected chi connectivity index (χ4v) is 3.02. The first-order valence-electron chi connectivity index (χ1n) is 8.27. The average Bonchev–Trinajstić information content (AvgIpc) is 3.25. The molecule has 1 fully saturated rings. The molecular weight excluding hydrogens is 324 g/mol. The zero-order valence-electron chi connectivity index (χ0n) is 14.2. The number of carboxylic acids is 1. The largest absolute Gasteiger partial charge is 0.478 e. The van der Waals surface area contributed by atoms with E-state index in [1.165, 1.54) is 18.3 Å². The van der Waals surface area contributed by atoms with Crippen LogP contribution in [0.25, 0.3) is 0 Å². The standard InChI is InChI=1S/C17H20N4O4/c1-10(2)14-19-16(21-25-14)17(6-3-4-7-17)20-13(22)12-9-11(15(23)24)5-8-18-12/h5,8-10H,3-4,6-7H2,1-2H3,(H,20,22)(H,23,24). The molecule has 1 aliphatic carbocycles. The molecule has 1 amide bonds. The van der Waals surface area contributed by atoms with Gasteiger partial charge in [-0.2, -0.15) is 4.98 Å². The van der Waals surface area contributed by atoms with Gasteiger partial charge in [0, 0.05) is 12.1 Å². The third-order valence-corrected chi connectivity index (χ3v) is 4.41. The molecule has 3 rings (SSSR count). The Kier molecular flexibility index (Phi) is 4.52. The van der Waals surface area contributed by atoms with Crippen LogP contribution in [-0.4, -0.2) is 32.1 Å². The topological polar surface area (TPSA) is 118 Å². The second-order valence-corrected chi connectivity index (χ2v) is 6.59. The van der Waals surface area contributed by atoms with E-state index in [9.17, 15) is 9.59 Å². The first kappa shape index (κ1) is 17.1. The molecule has 2 aromatic heterocycles. The Balaban J connectivity index is 1.87. The Morgan fingerprint density at radius 3 is 2.64 bits per heavy atom. The first-order valence-corrected chi connectivity index (χ1v) is 8.27. The van der Waals surface area contributed by atoms with Crippen LogP contribution >= 0.6 is 0 Å². The maximum Gasteiger partial charge on any atom is 0.335 e. The lowest BCUT2D eigenvalue weighted by Crippen LogP contribution is -2.45. The second kappa shape index (κ2) is 6.62. The minimum Gasteiger partial charge on any atom is -0.478 e. The third kappa shape index (κ3) is 3.38. The summed E-state index contributed by atoms with van der Waals surface area (Å²) in [5, 5.41) is 16.1. The van der Waals surface area contributed by atoms with Gasteiger partial charge in [0.05, 0.1) is 5.56 Å². The predicted octanol–water partition coefficient (Wildman–Crippen LogP) is 2.49. The van der Waals surface area contributed by atoms with Crippen LogP contribution in [-0.2, 0) is 5.54 Å². The molecule has 1 aliphatic rings. The Labute approximate surface area is 144 Å². The summed E-state index contributed by atoms with van der Waals surface area (Å²) >= 11 is 0. The van der Waals surface area contributed by atoms with Gasteiger partial charge in [-0.1, -0.05) is 31.8 Å². The van der Waals surface area contributed by atoms with E-state index >= 15 is 0 Å². The van der Waals surface area contributed by atoms with Gasteiger partial charge in [0.25, 0.3) is 5.91 Å². The van der Waals surface area contributed by atoms with Crippen LogP contribution in [0.2, 0.25) is 0 Å². The van der Waals surface area contributed by atoms with Crippen molar-refractivity contribution < 1.29 is 19.2 Å². The van der Waals surface area contributed by atoms with Crippen molar-refractivity contribution in [3.63, 3.8) is 0 Å². The quantitative estimate of drug-likeness (QED) is 0.855. The van der Waals surface area contributed by atoms with Crippen LogP contribution in [0.4, 0.5) is 0 Å². The van der Waals surface area contributed by atoms with E-state index < -0.39 is 17.4 Å².